The summed E-state index contributed by atoms with van der Waals surface area (Å²) in [4.78, 5) is 0. The van der Waals surface area contributed by atoms with Crippen LogP contribution in [-0.4, -0.2) is 17.2 Å². The van der Waals surface area contributed by atoms with Gasteiger partial charge in [0.05, 0.1) is 0 Å². The summed E-state index contributed by atoms with van der Waals surface area (Å²) < 4.78 is 3.48. The standard InChI is InChI=1S/C55H38.C40H25Br.C15H15BO2.C15H13Br.C13H9Br/c1-55(2)49-27-15-14-18-39(49)40-33-32-38(34-50(40)55)54-47-25-12-10-23-45(47)53(46-24-11-13-26-48(46)54)37-30-28-36(29-31-37)52-43-21-8-6-19-41(43)51(35-16-4-3-5-17-35)42-20-7-9-22-44(42)52;41-40-35-20-10-8-18-33(35)39(34-19-9-11-21-36(34)40)28-24-22-27(23-25-28)38-31-16-6-4-14-29(31)37(26-12-2-1-3-13-26)30-15-5-7-17-32(30)38;1-15(2)13-6-4-3-5-11(13)12-8-7-10(16(17)18)9-14(12)15;1-15(2)13-6-4-3-5-11(13)12-8-7-10(16)9-14(12)15;14-11-5-6-13-10(8-11)7-9-3-1-2-4-12(9)13/h3-34H,1-2H3;1-25H;3-9,17-18H,1-2H3;3-9H,1-2H3;1-6,8H,7H2. The summed E-state index contributed by atoms with van der Waals surface area (Å²) in [5.74, 6) is 0. The zero-order valence-electron chi connectivity index (χ0n) is 80.8. The molecular weight excluding hydrogens is 1940 g/mol. The zero-order valence-corrected chi connectivity index (χ0v) is 85.6. The molecule has 0 radical (unpaired) electrons. The van der Waals surface area contributed by atoms with Crippen LogP contribution in [0, 0.1) is 0 Å². The maximum atomic E-state index is 9.30. The van der Waals surface area contributed by atoms with E-state index in [1.165, 1.54) is 252 Å². The molecule has 0 fully saturated rings. The van der Waals surface area contributed by atoms with Crippen molar-refractivity contribution in [1.82, 2.24) is 0 Å². The number of rotatable bonds is 8. The lowest BCUT2D eigenvalue weighted by Gasteiger charge is -2.23. The molecule has 0 atom stereocenters. The van der Waals surface area contributed by atoms with Crippen molar-refractivity contribution in [2.24, 2.45) is 0 Å². The molecule has 144 heavy (non-hydrogen) atoms. The van der Waals surface area contributed by atoms with Gasteiger partial charge in [-0.25, -0.2) is 0 Å². The fourth-order valence-corrected chi connectivity index (χ4v) is 25.4. The third-order valence-corrected chi connectivity index (χ3v) is 32.6. The van der Waals surface area contributed by atoms with Crippen molar-refractivity contribution in [2.45, 2.75) is 64.2 Å². The molecule has 24 aromatic carbocycles. The lowest BCUT2D eigenvalue weighted by molar-refractivity contribution is 0.425. The van der Waals surface area contributed by atoms with Crippen molar-refractivity contribution in [3.63, 3.8) is 0 Å². The summed E-state index contributed by atoms with van der Waals surface area (Å²) in [6.45, 7) is 13.7. The second kappa shape index (κ2) is 37.3. The van der Waals surface area contributed by atoms with Crippen LogP contribution in [0.1, 0.15) is 86.1 Å². The van der Waals surface area contributed by atoms with Gasteiger partial charge < -0.3 is 10.0 Å². The third kappa shape index (κ3) is 15.8. The number of hydrogen-bond donors (Lipinski definition) is 2. The van der Waals surface area contributed by atoms with E-state index in [1.807, 2.05) is 24.3 Å². The fraction of sp³-hybridized carbons (Fsp3) is 0.0725. The Morgan fingerprint density at radius 3 is 0.743 bits per heavy atom. The van der Waals surface area contributed by atoms with Crippen LogP contribution in [-0.2, 0) is 22.7 Å². The van der Waals surface area contributed by atoms with Gasteiger partial charge in [-0.15, -0.1) is 0 Å². The SMILES string of the molecule is Brc1c2ccccc2c(-c2ccc(-c3c4ccccc4c(-c4ccccc4)c4ccccc34)cc2)c2ccccc12.Brc1ccc2c(c1)Cc1ccccc1-2.CC1(C)c2ccccc2-c2ccc(-c3c4ccccc4c(-c4ccc(-c5c6ccccc6c(-c6ccccc6)c6ccccc56)cc4)c4ccccc34)cc21.CC1(C)c2ccccc2-c2ccc(B(O)O)cc21.CC1(C)c2ccccc2-c2ccc(Br)cc21. The Hall–Kier alpha value is -15.2. The van der Waals surface area contributed by atoms with E-state index in [0.29, 0.717) is 5.46 Å². The van der Waals surface area contributed by atoms with Crippen molar-refractivity contribution in [3.8, 4) is 122 Å². The average molecular weight is 2040 g/mol. The highest BCUT2D eigenvalue weighted by Crippen LogP contribution is 2.56. The Labute approximate surface area is 866 Å². The molecule has 6 heteroatoms. The van der Waals surface area contributed by atoms with E-state index in [0.717, 1.165) is 20.9 Å². The highest BCUT2D eigenvalue weighted by atomic mass is 79.9. The minimum atomic E-state index is -1.41. The minimum Gasteiger partial charge on any atom is -0.423 e. The van der Waals surface area contributed by atoms with Gasteiger partial charge in [-0.2, -0.15) is 0 Å². The Morgan fingerprint density at radius 1 is 0.181 bits per heavy atom. The largest absolute Gasteiger partial charge is 0.488 e. The number of halogens is 3. The van der Waals surface area contributed by atoms with Crippen molar-refractivity contribution in [2.75, 3.05) is 0 Å². The predicted octanol–water partition coefficient (Wildman–Crippen LogP) is 37.8. The molecule has 0 saturated heterocycles. The molecular formula is C138H100BBr3O2. The van der Waals surface area contributed by atoms with E-state index in [9.17, 15) is 10.0 Å². The van der Waals surface area contributed by atoms with Crippen molar-refractivity contribution in [1.29, 1.82) is 0 Å². The van der Waals surface area contributed by atoms with Crippen LogP contribution < -0.4 is 5.46 Å². The van der Waals surface area contributed by atoms with E-state index in [1.54, 1.807) is 6.07 Å². The van der Waals surface area contributed by atoms with Gasteiger partial charge in [-0.05, 0) is 311 Å². The maximum Gasteiger partial charge on any atom is 0.488 e. The maximum absolute atomic E-state index is 9.30. The molecule has 0 aliphatic heterocycles. The van der Waals surface area contributed by atoms with E-state index < -0.39 is 7.12 Å². The molecule has 24 aromatic rings. The minimum absolute atomic E-state index is 0.0618. The van der Waals surface area contributed by atoms with Crippen LogP contribution in [0.5, 0.6) is 0 Å². The first kappa shape index (κ1) is 91.3. The second-order valence-electron chi connectivity index (χ2n) is 40.0. The summed E-state index contributed by atoms with van der Waals surface area (Å²) in [6, 6.07) is 172. The molecule has 0 bridgehead atoms. The second-order valence-corrected chi connectivity index (χ2v) is 42.6. The quantitative estimate of drug-likeness (QED) is 0.118. The Kier molecular flexibility index (Phi) is 23.6. The van der Waals surface area contributed by atoms with Gasteiger partial charge in [-0.3, -0.25) is 0 Å². The molecule has 0 amide bonds. The normalized spacial score (nSPS) is 13.1. The van der Waals surface area contributed by atoms with Gasteiger partial charge in [-0.1, -0.05) is 516 Å². The molecule has 688 valence electrons. The third-order valence-electron chi connectivity index (χ3n) is 30.8. The van der Waals surface area contributed by atoms with Gasteiger partial charge >= 0.3 is 7.12 Å². The molecule has 0 unspecified atom stereocenters. The van der Waals surface area contributed by atoms with E-state index in [4.69, 9.17) is 0 Å². The first-order chi connectivity index (χ1) is 70.3. The summed E-state index contributed by atoms with van der Waals surface area (Å²) in [5, 5.41) is 38.9. The lowest BCUT2D eigenvalue weighted by Crippen LogP contribution is -2.31. The molecule has 0 heterocycles. The molecule has 0 aromatic heterocycles. The molecule has 0 spiro atoms. The number of benzene rings is 24. The van der Waals surface area contributed by atoms with Crippen molar-refractivity contribution in [3.05, 3.63) is 531 Å². The van der Waals surface area contributed by atoms with E-state index >= 15 is 0 Å². The van der Waals surface area contributed by atoms with Gasteiger partial charge in [0.2, 0.25) is 0 Å². The number of fused-ring (bicyclic) bond motifs is 20. The average Bonchev–Trinajstić information content (AvgIpc) is 1.64. The molecule has 0 saturated carbocycles. The molecule has 28 rings (SSSR count). The molecule has 2 nitrogen and oxygen atoms in total. The smallest absolute Gasteiger partial charge is 0.423 e. The molecule has 2 N–H and O–H groups in total. The Morgan fingerprint density at radius 2 is 0.403 bits per heavy atom. The Balaban J connectivity index is 0.000000108. The van der Waals surface area contributed by atoms with Crippen LogP contribution in [0.15, 0.2) is 487 Å². The summed E-state index contributed by atoms with van der Waals surface area (Å²) in [7, 11) is -1.41. The topological polar surface area (TPSA) is 40.5 Å². The van der Waals surface area contributed by atoms with Gasteiger partial charge in [0.25, 0.3) is 0 Å². The Bertz CT molecular complexity index is 9030. The van der Waals surface area contributed by atoms with Crippen LogP contribution in [0.4, 0.5) is 0 Å². The van der Waals surface area contributed by atoms with Gasteiger partial charge in [0.15, 0.2) is 0 Å². The summed E-state index contributed by atoms with van der Waals surface area (Å²) >= 11 is 11.0. The summed E-state index contributed by atoms with van der Waals surface area (Å²) in [5.41, 5.74) is 39.9. The van der Waals surface area contributed by atoms with E-state index in [2.05, 4.69) is 532 Å². The van der Waals surface area contributed by atoms with Crippen LogP contribution in [0.25, 0.3) is 209 Å². The predicted molar refractivity (Wildman–Crippen MR) is 624 cm³/mol. The number of hydrogen-bond acceptors (Lipinski definition) is 2. The van der Waals surface area contributed by atoms with Crippen LogP contribution >= 0.6 is 47.8 Å². The molecule has 4 aliphatic carbocycles. The summed E-state index contributed by atoms with van der Waals surface area (Å²) in [6.07, 6.45) is 1.07. The highest BCUT2D eigenvalue weighted by molar-refractivity contribution is 9.11. The molecule has 4 aliphatic rings. The van der Waals surface area contributed by atoms with Gasteiger partial charge in [0, 0.05) is 29.7 Å². The highest BCUT2D eigenvalue weighted by Gasteiger charge is 2.39. The lowest BCUT2D eigenvalue weighted by atomic mass is 9.75. The zero-order chi connectivity index (χ0) is 97.8. The monoisotopic (exact) mass is 2040 g/mol. The first-order valence-electron chi connectivity index (χ1n) is 49.7. The van der Waals surface area contributed by atoms with E-state index in [-0.39, 0.29) is 16.2 Å². The van der Waals surface area contributed by atoms with Gasteiger partial charge in [0.1, 0.15) is 0 Å². The van der Waals surface area contributed by atoms with Crippen molar-refractivity contribution < 1.29 is 10.0 Å². The fourth-order valence-electron chi connectivity index (χ4n) is 24.0. The van der Waals surface area contributed by atoms with Crippen LogP contribution in [0.2, 0.25) is 0 Å². The van der Waals surface area contributed by atoms with Crippen LogP contribution in [0.3, 0.4) is 0 Å². The first-order valence-corrected chi connectivity index (χ1v) is 52.1. The van der Waals surface area contributed by atoms with Crippen molar-refractivity contribution >= 4 is 147 Å².